The van der Waals surface area contributed by atoms with Crippen molar-refractivity contribution in [2.75, 3.05) is 17.2 Å². The van der Waals surface area contributed by atoms with Gasteiger partial charge in [-0.05, 0) is 24.6 Å². The molecule has 1 unspecified atom stereocenters. The minimum Gasteiger partial charge on any atom is -0.397 e. The third-order valence-electron chi connectivity index (χ3n) is 3.09. The molecule has 0 aromatic heterocycles. The number of amides is 1. The second kappa shape index (κ2) is 4.75. The molecule has 1 saturated heterocycles. The molecule has 0 bridgehead atoms. The molecule has 2 rings (SSSR count). The molecule has 19 heavy (non-hydrogen) atoms. The van der Waals surface area contributed by atoms with Crippen LogP contribution in [0.15, 0.2) is 16.6 Å². The molecule has 5 nitrogen and oxygen atoms in total. The van der Waals surface area contributed by atoms with E-state index in [4.69, 9.17) is 5.73 Å². The summed E-state index contributed by atoms with van der Waals surface area (Å²) in [6.45, 7) is 1.63. The highest BCUT2D eigenvalue weighted by molar-refractivity contribution is 9.10. The Kier molecular flexibility index (Phi) is 3.57. The van der Waals surface area contributed by atoms with E-state index in [9.17, 15) is 17.1 Å². The third kappa shape index (κ3) is 2.74. The van der Waals surface area contributed by atoms with Crippen molar-refractivity contribution in [2.45, 2.75) is 18.6 Å². The number of aryl methyl sites for hydroxylation is 1. The van der Waals surface area contributed by atoms with Gasteiger partial charge in [0.25, 0.3) is 0 Å². The molecule has 0 saturated carbocycles. The Balaban J connectivity index is 2.39. The fourth-order valence-corrected chi connectivity index (χ4v) is 3.02. The SMILES string of the molecule is Cc1cc(N)c(N2CC(S(=O)(=O)F)CC2=O)cc1Br. The van der Waals surface area contributed by atoms with Gasteiger partial charge in [-0.3, -0.25) is 4.79 Å². The highest BCUT2D eigenvalue weighted by Gasteiger charge is 2.39. The van der Waals surface area contributed by atoms with Crippen molar-refractivity contribution in [1.82, 2.24) is 0 Å². The monoisotopic (exact) mass is 350 g/mol. The number of anilines is 2. The normalized spacial score (nSPS) is 20.1. The van der Waals surface area contributed by atoms with E-state index in [1.165, 1.54) is 4.90 Å². The summed E-state index contributed by atoms with van der Waals surface area (Å²) in [5.41, 5.74) is 7.47. The summed E-state index contributed by atoms with van der Waals surface area (Å²) in [6, 6.07) is 3.31. The Morgan fingerprint density at radius 2 is 2.11 bits per heavy atom. The quantitative estimate of drug-likeness (QED) is 0.650. The van der Waals surface area contributed by atoms with E-state index in [2.05, 4.69) is 15.9 Å². The maximum absolute atomic E-state index is 13.0. The standard InChI is InChI=1S/C11H12BrFN2O3S/c1-6-2-9(14)10(4-8(6)12)15-5-7(3-11(15)16)19(13,17)18/h2,4,7H,3,5,14H2,1H3. The summed E-state index contributed by atoms with van der Waals surface area (Å²) in [7, 11) is -4.72. The lowest BCUT2D eigenvalue weighted by Gasteiger charge is -2.19. The van der Waals surface area contributed by atoms with E-state index in [1.807, 2.05) is 6.92 Å². The van der Waals surface area contributed by atoms with E-state index < -0.39 is 21.4 Å². The average molecular weight is 351 g/mol. The molecule has 1 fully saturated rings. The third-order valence-corrected chi connectivity index (χ3v) is 5.05. The van der Waals surface area contributed by atoms with Crippen molar-refractivity contribution in [2.24, 2.45) is 0 Å². The number of nitrogens with two attached hydrogens (primary N) is 1. The fourth-order valence-electron chi connectivity index (χ4n) is 2.02. The number of carbonyl (C=O) groups excluding carboxylic acids is 1. The molecule has 1 atom stereocenters. The number of nitrogens with zero attached hydrogens (tertiary/aromatic N) is 1. The van der Waals surface area contributed by atoms with Crippen molar-refractivity contribution in [3.63, 3.8) is 0 Å². The first kappa shape index (κ1) is 14.3. The van der Waals surface area contributed by atoms with Crippen LogP contribution in [0.25, 0.3) is 0 Å². The molecule has 1 heterocycles. The molecule has 1 aliphatic heterocycles. The van der Waals surface area contributed by atoms with Gasteiger partial charge >= 0.3 is 10.2 Å². The van der Waals surface area contributed by atoms with Crippen molar-refractivity contribution in [1.29, 1.82) is 0 Å². The molecular weight excluding hydrogens is 339 g/mol. The Morgan fingerprint density at radius 1 is 1.47 bits per heavy atom. The van der Waals surface area contributed by atoms with E-state index in [0.717, 1.165) is 10.0 Å². The summed E-state index contributed by atoms with van der Waals surface area (Å²) < 4.78 is 35.5. The number of nitrogen functional groups attached to an aromatic ring is 1. The highest BCUT2D eigenvalue weighted by atomic mass is 79.9. The van der Waals surface area contributed by atoms with Crippen LogP contribution >= 0.6 is 15.9 Å². The zero-order chi connectivity index (χ0) is 14.4. The molecule has 1 aliphatic rings. The topological polar surface area (TPSA) is 80.5 Å². The van der Waals surface area contributed by atoms with Crippen molar-refractivity contribution in [3.8, 4) is 0 Å². The predicted molar refractivity (Wildman–Crippen MR) is 74.1 cm³/mol. The molecule has 1 amide bonds. The van der Waals surface area contributed by atoms with Gasteiger partial charge in [-0.25, -0.2) is 0 Å². The zero-order valence-corrected chi connectivity index (χ0v) is 12.5. The van der Waals surface area contributed by atoms with Gasteiger partial charge in [-0.2, -0.15) is 8.42 Å². The minimum absolute atomic E-state index is 0.211. The van der Waals surface area contributed by atoms with Crippen LogP contribution in [0.4, 0.5) is 15.3 Å². The average Bonchev–Trinajstić information content (AvgIpc) is 2.65. The number of hydrogen-bond acceptors (Lipinski definition) is 4. The van der Waals surface area contributed by atoms with Crippen LogP contribution in [-0.4, -0.2) is 26.1 Å². The van der Waals surface area contributed by atoms with Gasteiger partial charge in [0.1, 0.15) is 5.25 Å². The van der Waals surface area contributed by atoms with Gasteiger partial charge in [-0.1, -0.05) is 15.9 Å². The van der Waals surface area contributed by atoms with Gasteiger partial charge in [0, 0.05) is 17.4 Å². The van der Waals surface area contributed by atoms with Crippen LogP contribution in [0, 0.1) is 6.92 Å². The van der Waals surface area contributed by atoms with Gasteiger partial charge in [0.15, 0.2) is 0 Å². The fraction of sp³-hybridized carbons (Fsp3) is 0.364. The lowest BCUT2D eigenvalue weighted by molar-refractivity contribution is -0.117. The van der Waals surface area contributed by atoms with Crippen LogP contribution in [0.3, 0.4) is 0 Å². The first-order chi connectivity index (χ1) is 8.70. The molecule has 0 spiro atoms. The lowest BCUT2D eigenvalue weighted by Crippen LogP contribution is -2.27. The predicted octanol–water partition coefficient (Wildman–Crippen LogP) is 1.74. The largest absolute Gasteiger partial charge is 0.397 e. The summed E-state index contributed by atoms with van der Waals surface area (Å²) in [5.74, 6) is -0.450. The first-order valence-electron chi connectivity index (χ1n) is 5.49. The van der Waals surface area contributed by atoms with Gasteiger partial charge in [0.05, 0.1) is 11.4 Å². The summed E-state index contributed by atoms with van der Waals surface area (Å²) in [4.78, 5) is 13.0. The highest BCUT2D eigenvalue weighted by Crippen LogP contribution is 2.34. The van der Waals surface area contributed by atoms with E-state index in [1.54, 1.807) is 12.1 Å². The van der Waals surface area contributed by atoms with Crippen molar-refractivity contribution >= 4 is 43.4 Å². The van der Waals surface area contributed by atoms with E-state index >= 15 is 0 Å². The van der Waals surface area contributed by atoms with E-state index in [-0.39, 0.29) is 13.0 Å². The summed E-state index contributed by atoms with van der Waals surface area (Å²) in [5, 5.41) is -1.32. The Hall–Kier alpha value is -1.15. The Labute approximate surface area is 118 Å². The first-order valence-corrected chi connectivity index (χ1v) is 7.73. The number of carbonyl (C=O) groups is 1. The van der Waals surface area contributed by atoms with Crippen molar-refractivity contribution < 1.29 is 17.1 Å². The van der Waals surface area contributed by atoms with Gasteiger partial charge in [0.2, 0.25) is 5.91 Å². The van der Waals surface area contributed by atoms with Gasteiger partial charge < -0.3 is 10.6 Å². The molecular formula is C11H12BrFN2O3S. The van der Waals surface area contributed by atoms with Crippen molar-refractivity contribution in [3.05, 3.63) is 22.2 Å². The smallest absolute Gasteiger partial charge is 0.307 e. The molecule has 0 radical (unpaired) electrons. The Morgan fingerprint density at radius 3 is 2.63 bits per heavy atom. The van der Waals surface area contributed by atoms with E-state index in [0.29, 0.717) is 11.4 Å². The van der Waals surface area contributed by atoms with Gasteiger partial charge in [-0.15, -0.1) is 3.89 Å². The molecule has 1 aromatic rings. The summed E-state index contributed by atoms with van der Waals surface area (Å²) in [6.07, 6.45) is -0.357. The second-order valence-electron chi connectivity index (χ2n) is 4.47. The number of halogens is 2. The molecule has 1 aromatic carbocycles. The Bertz CT molecular complexity index is 648. The van der Waals surface area contributed by atoms with Crippen LogP contribution < -0.4 is 10.6 Å². The number of benzene rings is 1. The van der Waals surface area contributed by atoms with Crippen LogP contribution in [0.5, 0.6) is 0 Å². The zero-order valence-electron chi connectivity index (χ0n) is 10.1. The number of rotatable bonds is 2. The van der Waals surface area contributed by atoms with Crippen LogP contribution in [-0.2, 0) is 15.0 Å². The maximum Gasteiger partial charge on any atom is 0.307 e. The maximum atomic E-state index is 13.0. The molecule has 2 N–H and O–H groups in total. The molecule has 8 heteroatoms. The van der Waals surface area contributed by atoms with Crippen LogP contribution in [0.1, 0.15) is 12.0 Å². The minimum atomic E-state index is -4.72. The second-order valence-corrected chi connectivity index (χ2v) is 6.94. The number of hydrogen-bond donors (Lipinski definition) is 1. The summed E-state index contributed by atoms with van der Waals surface area (Å²) >= 11 is 3.32. The molecule has 0 aliphatic carbocycles. The lowest BCUT2D eigenvalue weighted by atomic mass is 10.2. The molecule has 104 valence electrons. The van der Waals surface area contributed by atoms with Crippen LogP contribution in [0.2, 0.25) is 0 Å².